The summed E-state index contributed by atoms with van der Waals surface area (Å²) in [5.41, 5.74) is 0.980. The summed E-state index contributed by atoms with van der Waals surface area (Å²) in [5.74, 6) is 0. The highest BCUT2D eigenvalue weighted by Crippen LogP contribution is 2.26. The first-order valence-electron chi connectivity index (χ1n) is 3.29. The van der Waals surface area contributed by atoms with Gasteiger partial charge in [-0.05, 0) is 22.9 Å². The molecule has 62 valence electrons. The van der Waals surface area contributed by atoms with E-state index >= 15 is 0 Å². The van der Waals surface area contributed by atoms with E-state index < -0.39 is 0 Å². The Morgan fingerprint density at radius 3 is 2.58 bits per heavy atom. The second-order valence-corrected chi connectivity index (χ2v) is 4.96. The Morgan fingerprint density at radius 2 is 2.08 bits per heavy atom. The number of hydrogen-bond acceptors (Lipinski definition) is 4. The van der Waals surface area contributed by atoms with Crippen molar-refractivity contribution >= 4 is 38.6 Å². The van der Waals surface area contributed by atoms with E-state index in [1.54, 1.807) is 22.7 Å². The molecule has 5 heteroatoms. The van der Waals surface area contributed by atoms with E-state index in [9.17, 15) is 0 Å². The Morgan fingerprint density at radius 1 is 1.25 bits per heavy atom. The summed E-state index contributed by atoms with van der Waals surface area (Å²) in [5, 5.41) is 6.05. The van der Waals surface area contributed by atoms with Crippen LogP contribution in [0.25, 0.3) is 10.7 Å². The molecule has 0 N–H and O–H groups in total. The predicted molar refractivity (Wildman–Crippen MR) is 55.7 cm³/mol. The molecule has 0 aliphatic heterocycles. The highest BCUT2D eigenvalue weighted by Gasteiger charge is 2.05. The van der Waals surface area contributed by atoms with E-state index in [0.717, 1.165) is 20.3 Å². The summed E-state index contributed by atoms with van der Waals surface area (Å²) >= 11 is 6.56. The summed E-state index contributed by atoms with van der Waals surface area (Å²) in [6.07, 6.45) is 0. The van der Waals surface area contributed by atoms with Crippen molar-refractivity contribution in [3.05, 3.63) is 20.4 Å². The van der Waals surface area contributed by atoms with Gasteiger partial charge in [0.25, 0.3) is 0 Å². The number of aromatic nitrogens is 2. The minimum absolute atomic E-state index is 0.883. The average molecular weight is 261 g/mol. The van der Waals surface area contributed by atoms with Crippen LogP contribution in [-0.2, 0) is 0 Å². The lowest BCUT2D eigenvalue weighted by molar-refractivity contribution is 1.26. The minimum Gasteiger partial charge on any atom is -0.239 e. The lowest BCUT2D eigenvalue weighted by Crippen LogP contribution is -1.75. The Balaban J connectivity index is 2.43. The van der Waals surface area contributed by atoms with Crippen molar-refractivity contribution in [3.8, 4) is 10.7 Å². The quantitative estimate of drug-likeness (QED) is 0.786. The van der Waals surface area contributed by atoms with Gasteiger partial charge in [0.1, 0.15) is 15.3 Å². The molecule has 0 bridgehead atoms. The molecule has 2 aromatic heterocycles. The topological polar surface area (TPSA) is 25.8 Å². The number of halogens is 1. The second-order valence-electron chi connectivity index (χ2n) is 2.23. The zero-order valence-electron chi connectivity index (χ0n) is 6.24. The SMILES string of the molecule is Cc1nc(-c2nc(Br)cs2)cs1. The Kier molecular flexibility index (Phi) is 2.25. The fraction of sp³-hybridized carbons (Fsp3) is 0.143. The lowest BCUT2D eigenvalue weighted by atomic mass is 10.5. The summed E-state index contributed by atoms with van der Waals surface area (Å²) in [7, 11) is 0. The number of nitrogens with zero attached hydrogens (tertiary/aromatic N) is 2. The maximum atomic E-state index is 4.34. The molecule has 2 aromatic rings. The van der Waals surface area contributed by atoms with Crippen LogP contribution < -0.4 is 0 Å². The van der Waals surface area contributed by atoms with Crippen molar-refractivity contribution in [2.24, 2.45) is 0 Å². The van der Waals surface area contributed by atoms with Gasteiger partial charge in [0.2, 0.25) is 0 Å². The van der Waals surface area contributed by atoms with Crippen LogP contribution in [0.1, 0.15) is 5.01 Å². The molecule has 2 nitrogen and oxygen atoms in total. The highest BCUT2D eigenvalue weighted by molar-refractivity contribution is 9.10. The van der Waals surface area contributed by atoms with Crippen LogP contribution >= 0.6 is 38.6 Å². The van der Waals surface area contributed by atoms with Gasteiger partial charge in [-0.3, -0.25) is 0 Å². The zero-order chi connectivity index (χ0) is 8.55. The first-order valence-corrected chi connectivity index (χ1v) is 5.84. The highest BCUT2D eigenvalue weighted by atomic mass is 79.9. The van der Waals surface area contributed by atoms with E-state index in [4.69, 9.17) is 0 Å². The van der Waals surface area contributed by atoms with Gasteiger partial charge in [-0.2, -0.15) is 0 Å². The molecule has 12 heavy (non-hydrogen) atoms. The molecule has 0 fully saturated rings. The van der Waals surface area contributed by atoms with Crippen LogP contribution in [0.5, 0.6) is 0 Å². The van der Waals surface area contributed by atoms with Crippen molar-refractivity contribution in [2.75, 3.05) is 0 Å². The Labute approximate surface area is 86.4 Å². The molecule has 0 amide bonds. The maximum absolute atomic E-state index is 4.34. The molecular formula is C7H5BrN2S2. The molecule has 0 atom stereocenters. The maximum Gasteiger partial charge on any atom is 0.144 e. The van der Waals surface area contributed by atoms with Crippen molar-refractivity contribution in [3.63, 3.8) is 0 Å². The van der Waals surface area contributed by atoms with Gasteiger partial charge in [0, 0.05) is 10.8 Å². The van der Waals surface area contributed by atoms with Gasteiger partial charge in [-0.15, -0.1) is 22.7 Å². The van der Waals surface area contributed by atoms with E-state index in [1.807, 2.05) is 17.7 Å². The molecule has 0 saturated carbocycles. The zero-order valence-corrected chi connectivity index (χ0v) is 9.46. The third-order valence-electron chi connectivity index (χ3n) is 1.31. The molecule has 2 heterocycles. The van der Waals surface area contributed by atoms with Gasteiger partial charge >= 0.3 is 0 Å². The average Bonchev–Trinajstić information content (AvgIpc) is 2.58. The molecule has 2 rings (SSSR count). The Hall–Kier alpha value is -0.260. The molecule has 0 unspecified atom stereocenters. The number of hydrogen-bond donors (Lipinski definition) is 0. The monoisotopic (exact) mass is 260 g/mol. The van der Waals surface area contributed by atoms with Crippen molar-refractivity contribution in [1.82, 2.24) is 9.97 Å². The van der Waals surface area contributed by atoms with Crippen molar-refractivity contribution < 1.29 is 0 Å². The van der Waals surface area contributed by atoms with Crippen LogP contribution in [0.4, 0.5) is 0 Å². The third kappa shape index (κ3) is 1.57. The van der Waals surface area contributed by atoms with Gasteiger partial charge < -0.3 is 0 Å². The minimum atomic E-state index is 0.883. The molecule has 0 saturated heterocycles. The first-order chi connectivity index (χ1) is 5.75. The number of thiazole rings is 2. The largest absolute Gasteiger partial charge is 0.239 e. The third-order valence-corrected chi connectivity index (χ3v) is 3.66. The van der Waals surface area contributed by atoms with Crippen molar-refractivity contribution in [1.29, 1.82) is 0 Å². The molecule has 0 aliphatic rings. The smallest absolute Gasteiger partial charge is 0.144 e. The van der Waals surface area contributed by atoms with E-state index in [-0.39, 0.29) is 0 Å². The van der Waals surface area contributed by atoms with Crippen LogP contribution in [0.15, 0.2) is 15.4 Å². The second kappa shape index (κ2) is 3.24. The van der Waals surface area contributed by atoms with Crippen molar-refractivity contribution in [2.45, 2.75) is 6.92 Å². The molecule has 0 aliphatic carbocycles. The van der Waals surface area contributed by atoms with Gasteiger partial charge in [-0.1, -0.05) is 0 Å². The van der Waals surface area contributed by atoms with E-state index in [1.165, 1.54) is 0 Å². The fourth-order valence-corrected chi connectivity index (χ4v) is 2.72. The molecular weight excluding hydrogens is 256 g/mol. The summed E-state index contributed by atoms with van der Waals surface area (Å²) < 4.78 is 0.883. The number of rotatable bonds is 1. The Bertz CT molecular complexity index is 355. The fourth-order valence-electron chi connectivity index (χ4n) is 0.833. The molecule has 0 radical (unpaired) electrons. The van der Waals surface area contributed by atoms with Crippen LogP contribution in [-0.4, -0.2) is 9.97 Å². The van der Waals surface area contributed by atoms with Crippen LogP contribution in [0.2, 0.25) is 0 Å². The number of aryl methyl sites for hydroxylation is 1. The van der Waals surface area contributed by atoms with Gasteiger partial charge in [0.05, 0.1) is 5.01 Å². The molecule has 0 spiro atoms. The van der Waals surface area contributed by atoms with Crippen LogP contribution in [0, 0.1) is 6.92 Å². The lowest BCUT2D eigenvalue weighted by Gasteiger charge is -1.84. The van der Waals surface area contributed by atoms with Gasteiger partial charge in [-0.25, -0.2) is 9.97 Å². The van der Waals surface area contributed by atoms with E-state index in [0.29, 0.717) is 0 Å². The standard InChI is InChI=1S/C7H5BrN2S2/c1-4-9-5(2-11-4)7-10-6(8)3-12-7/h2-3H,1H3. The molecule has 0 aromatic carbocycles. The normalized spacial score (nSPS) is 10.5. The summed E-state index contributed by atoms with van der Waals surface area (Å²) in [6.45, 7) is 2.00. The van der Waals surface area contributed by atoms with E-state index in [2.05, 4.69) is 25.9 Å². The predicted octanol–water partition coefficient (Wildman–Crippen LogP) is 3.34. The summed E-state index contributed by atoms with van der Waals surface area (Å²) in [4.78, 5) is 8.61. The van der Waals surface area contributed by atoms with Crippen LogP contribution in [0.3, 0.4) is 0 Å². The summed E-state index contributed by atoms with van der Waals surface area (Å²) in [6, 6.07) is 0. The first kappa shape index (κ1) is 8.34. The van der Waals surface area contributed by atoms with Gasteiger partial charge in [0.15, 0.2) is 0 Å².